The summed E-state index contributed by atoms with van der Waals surface area (Å²) in [6.45, 7) is 2.12. The Morgan fingerprint density at radius 3 is 2.47 bits per heavy atom. The van der Waals surface area contributed by atoms with Crippen LogP contribution in [-0.4, -0.2) is 7.05 Å². The maximum atomic E-state index is 3.56. The Labute approximate surface area is 137 Å². The molecule has 2 aromatic rings. The molecule has 0 saturated heterocycles. The van der Waals surface area contributed by atoms with E-state index in [-0.39, 0.29) is 0 Å². The zero-order chi connectivity index (χ0) is 13.8. The molecule has 0 spiro atoms. The molecule has 1 nitrogen and oxygen atoms in total. The lowest BCUT2D eigenvalue weighted by molar-refractivity contribution is 0.589. The smallest absolute Gasteiger partial charge is 0.0369 e. The summed E-state index contributed by atoms with van der Waals surface area (Å²) in [4.78, 5) is 0. The van der Waals surface area contributed by atoms with E-state index in [2.05, 4.69) is 93.2 Å². The molecule has 0 aliphatic carbocycles. The van der Waals surface area contributed by atoms with E-state index in [1.807, 2.05) is 7.05 Å². The first-order chi connectivity index (χ1) is 9.10. The molecule has 0 radical (unpaired) electrons. The Morgan fingerprint density at radius 2 is 1.84 bits per heavy atom. The SMILES string of the molecule is CNC(Cc1ccc(C)cc1)c1cc(Br)ccc1I. The molecule has 1 atom stereocenters. The molecule has 19 heavy (non-hydrogen) atoms. The molecule has 0 fully saturated rings. The largest absolute Gasteiger partial charge is 0.313 e. The maximum Gasteiger partial charge on any atom is 0.0369 e. The number of halogens is 2. The van der Waals surface area contributed by atoms with E-state index in [0.717, 1.165) is 10.9 Å². The van der Waals surface area contributed by atoms with Gasteiger partial charge >= 0.3 is 0 Å². The zero-order valence-corrected chi connectivity index (χ0v) is 14.8. The van der Waals surface area contributed by atoms with Gasteiger partial charge < -0.3 is 5.32 Å². The van der Waals surface area contributed by atoms with Crippen LogP contribution in [0.25, 0.3) is 0 Å². The summed E-state index contributed by atoms with van der Waals surface area (Å²) in [5, 5.41) is 3.42. The summed E-state index contributed by atoms with van der Waals surface area (Å²) in [7, 11) is 2.02. The van der Waals surface area contributed by atoms with Crippen LogP contribution in [0.1, 0.15) is 22.7 Å². The van der Waals surface area contributed by atoms with Crippen molar-refractivity contribution >= 4 is 38.5 Å². The fourth-order valence-corrected chi connectivity index (χ4v) is 3.20. The van der Waals surface area contributed by atoms with Gasteiger partial charge in [0.15, 0.2) is 0 Å². The highest BCUT2D eigenvalue weighted by molar-refractivity contribution is 14.1. The number of rotatable bonds is 4. The van der Waals surface area contributed by atoms with Crippen LogP contribution in [0.3, 0.4) is 0 Å². The van der Waals surface area contributed by atoms with Crippen molar-refractivity contribution in [2.24, 2.45) is 0 Å². The number of benzene rings is 2. The van der Waals surface area contributed by atoms with Crippen LogP contribution in [0.5, 0.6) is 0 Å². The minimum Gasteiger partial charge on any atom is -0.313 e. The van der Waals surface area contributed by atoms with Gasteiger partial charge in [0.2, 0.25) is 0 Å². The van der Waals surface area contributed by atoms with Crippen LogP contribution in [0.2, 0.25) is 0 Å². The summed E-state index contributed by atoms with van der Waals surface area (Å²) in [5.74, 6) is 0. The van der Waals surface area contributed by atoms with Gasteiger partial charge in [0.1, 0.15) is 0 Å². The van der Waals surface area contributed by atoms with E-state index in [1.54, 1.807) is 0 Å². The fraction of sp³-hybridized carbons (Fsp3) is 0.250. The van der Waals surface area contributed by atoms with Crippen molar-refractivity contribution in [1.29, 1.82) is 0 Å². The molecule has 0 amide bonds. The second-order valence-corrected chi connectivity index (χ2v) is 6.77. The molecule has 0 aromatic heterocycles. The Morgan fingerprint density at radius 1 is 1.16 bits per heavy atom. The van der Waals surface area contributed by atoms with Crippen LogP contribution in [0.15, 0.2) is 46.9 Å². The fourth-order valence-electron chi connectivity index (χ4n) is 2.11. The van der Waals surface area contributed by atoms with Gasteiger partial charge in [0.25, 0.3) is 0 Å². The molecule has 1 unspecified atom stereocenters. The van der Waals surface area contributed by atoms with Crippen molar-refractivity contribution in [2.45, 2.75) is 19.4 Å². The number of hydrogen-bond donors (Lipinski definition) is 1. The Hall–Kier alpha value is -0.390. The molecule has 2 aromatic carbocycles. The van der Waals surface area contributed by atoms with Gasteiger partial charge in [-0.25, -0.2) is 0 Å². The van der Waals surface area contributed by atoms with Crippen molar-refractivity contribution in [3.63, 3.8) is 0 Å². The minimum atomic E-state index is 0.340. The van der Waals surface area contributed by atoms with Gasteiger partial charge in [-0.2, -0.15) is 0 Å². The van der Waals surface area contributed by atoms with E-state index >= 15 is 0 Å². The van der Waals surface area contributed by atoms with E-state index in [1.165, 1.54) is 20.3 Å². The molecule has 1 N–H and O–H groups in total. The number of likely N-dealkylation sites (N-methyl/N-ethyl adjacent to an activating group) is 1. The van der Waals surface area contributed by atoms with Crippen molar-refractivity contribution in [3.8, 4) is 0 Å². The van der Waals surface area contributed by atoms with Crippen LogP contribution < -0.4 is 5.32 Å². The Balaban J connectivity index is 2.24. The van der Waals surface area contributed by atoms with Crippen molar-refractivity contribution in [2.75, 3.05) is 7.05 Å². The molecule has 0 bridgehead atoms. The van der Waals surface area contributed by atoms with Crippen LogP contribution in [0.4, 0.5) is 0 Å². The molecule has 0 saturated carbocycles. The summed E-state index contributed by atoms with van der Waals surface area (Å²) in [5.41, 5.74) is 4.01. The number of hydrogen-bond acceptors (Lipinski definition) is 1. The van der Waals surface area contributed by atoms with Crippen LogP contribution >= 0.6 is 38.5 Å². The Kier molecular flexibility index (Phi) is 5.42. The Bertz CT molecular complexity index is 551. The minimum absolute atomic E-state index is 0.340. The molecule has 0 heterocycles. The molecule has 3 heteroatoms. The average molecular weight is 430 g/mol. The first-order valence-electron chi connectivity index (χ1n) is 6.28. The molecule has 100 valence electrons. The summed E-state index contributed by atoms with van der Waals surface area (Å²) < 4.78 is 2.43. The summed E-state index contributed by atoms with van der Waals surface area (Å²) in [6.07, 6.45) is 1.00. The lowest BCUT2D eigenvalue weighted by Gasteiger charge is -2.19. The van der Waals surface area contributed by atoms with E-state index in [0.29, 0.717) is 6.04 Å². The molecular weight excluding hydrogens is 413 g/mol. The predicted octanol–water partition coefficient (Wildman–Crippen LogP) is 4.87. The molecule has 2 rings (SSSR count). The van der Waals surface area contributed by atoms with Gasteiger partial charge in [-0.15, -0.1) is 0 Å². The maximum absolute atomic E-state index is 3.56. The first-order valence-corrected chi connectivity index (χ1v) is 8.15. The highest BCUT2D eigenvalue weighted by Crippen LogP contribution is 2.26. The summed E-state index contributed by atoms with van der Waals surface area (Å²) >= 11 is 5.96. The average Bonchev–Trinajstić information content (AvgIpc) is 2.41. The van der Waals surface area contributed by atoms with E-state index in [4.69, 9.17) is 0 Å². The molecule has 0 aliphatic rings. The quantitative estimate of drug-likeness (QED) is 0.684. The first kappa shape index (κ1) is 15.0. The van der Waals surface area contributed by atoms with Crippen molar-refractivity contribution < 1.29 is 0 Å². The van der Waals surface area contributed by atoms with Crippen molar-refractivity contribution in [3.05, 3.63) is 67.2 Å². The topological polar surface area (TPSA) is 12.0 Å². The van der Waals surface area contributed by atoms with Gasteiger partial charge in [0.05, 0.1) is 0 Å². The number of nitrogens with one attached hydrogen (secondary N) is 1. The lowest BCUT2D eigenvalue weighted by atomic mass is 9.98. The monoisotopic (exact) mass is 429 g/mol. The van der Waals surface area contributed by atoms with Crippen LogP contribution in [-0.2, 0) is 6.42 Å². The standard InChI is InChI=1S/C16H17BrIN/c1-11-3-5-12(6-4-11)9-16(19-2)14-10-13(17)7-8-15(14)18/h3-8,10,16,19H,9H2,1-2H3. The highest BCUT2D eigenvalue weighted by Gasteiger charge is 2.13. The van der Waals surface area contributed by atoms with E-state index in [9.17, 15) is 0 Å². The van der Waals surface area contributed by atoms with Crippen molar-refractivity contribution in [1.82, 2.24) is 5.32 Å². The third-order valence-electron chi connectivity index (χ3n) is 3.24. The van der Waals surface area contributed by atoms with Gasteiger partial charge in [-0.3, -0.25) is 0 Å². The molecular formula is C16H17BrIN. The van der Waals surface area contributed by atoms with Gasteiger partial charge in [-0.05, 0) is 72.3 Å². The third kappa shape index (κ3) is 4.04. The highest BCUT2D eigenvalue weighted by atomic mass is 127. The lowest BCUT2D eigenvalue weighted by Crippen LogP contribution is -2.20. The third-order valence-corrected chi connectivity index (χ3v) is 4.72. The second kappa shape index (κ2) is 6.86. The number of aryl methyl sites for hydroxylation is 1. The molecule has 0 aliphatic heterocycles. The zero-order valence-electron chi connectivity index (χ0n) is 11.1. The van der Waals surface area contributed by atoms with Gasteiger partial charge in [0, 0.05) is 14.1 Å². The van der Waals surface area contributed by atoms with Crippen LogP contribution in [0, 0.1) is 10.5 Å². The second-order valence-electron chi connectivity index (χ2n) is 4.70. The van der Waals surface area contributed by atoms with Gasteiger partial charge in [-0.1, -0.05) is 45.8 Å². The summed E-state index contributed by atoms with van der Waals surface area (Å²) in [6, 6.07) is 15.6. The normalized spacial score (nSPS) is 12.4. The predicted molar refractivity (Wildman–Crippen MR) is 93.5 cm³/mol. The van der Waals surface area contributed by atoms with E-state index < -0.39 is 0 Å².